The molecular formula is C16H16Cl2N2O. The van der Waals surface area contributed by atoms with E-state index in [1.165, 1.54) is 5.56 Å². The van der Waals surface area contributed by atoms with Crippen molar-refractivity contribution in [2.45, 2.75) is 6.42 Å². The van der Waals surface area contributed by atoms with Crippen LogP contribution in [0.5, 0.6) is 0 Å². The van der Waals surface area contributed by atoms with Gasteiger partial charge in [0.1, 0.15) is 0 Å². The molecule has 0 unspecified atom stereocenters. The van der Waals surface area contributed by atoms with Crippen LogP contribution in [0.3, 0.4) is 0 Å². The number of carbonyl (C=O) groups excluding carboxylic acids is 1. The summed E-state index contributed by atoms with van der Waals surface area (Å²) in [5, 5.41) is 0.566. The van der Waals surface area contributed by atoms with Crippen LogP contribution in [-0.4, -0.2) is 24.4 Å². The average molecular weight is 323 g/mol. The molecule has 0 aromatic heterocycles. The van der Waals surface area contributed by atoms with E-state index in [-0.39, 0.29) is 16.0 Å². The maximum Gasteiger partial charge on any atom is 0.253 e. The van der Waals surface area contributed by atoms with Crippen molar-refractivity contribution in [1.82, 2.24) is 4.90 Å². The third-order valence-corrected chi connectivity index (χ3v) is 4.05. The lowest BCUT2D eigenvalue weighted by Gasteiger charge is -2.18. The maximum atomic E-state index is 12.4. The predicted octanol–water partition coefficient (Wildman–Crippen LogP) is 3.89. The fourth-order valence-corrected chi connectivity index (χ4v) is 2.33. The number of nitrogens with zero attached hydrogens (tertiary/aromatic N) is 1. The Labute approximate surface area is 134 Å². The number of benzene rings is 2. The molecule has 0 saturated heterocycles. The van der Waals surface area contributed by atoms with Gasteiger partial charge >= 0.3 is 0 Å². The second kappa shape index (κ2) is 6.83. The van der Waals surface area contributed by atoms with Crippen molar-refractivity contribution in [3.63, 3.8) is 0 Å². The number of rotatable bonds is 4. The normalized spacial score (nSPS) is 10.4. The minimum absolute atomic E-state index is 0.129. The summed E-state index contributed by atoms with van der Waals surface area (Å²) in [4.78, 5) is 14.0. The molecule has 2 aromatic carbocycles. The quantitative estimate of drug-likeness (QED) is 0.868. The zero-order chi connectivity index (χ0) is 15.4. The van der Waals surface area contributed by atoms with Crippen LogP contribution in [0.15, 0.2) is 42.5 Å². The standard InChI is InChI=1S/C16H16Cl2N2O/c1-20(8-7-11-5-3-2-4-6-11)16(21)12-9-13(17)15(18)14(19)10-12/h2-6,9-10H,7-8,19H2,1H3. The minimum atomic E-state index is -0.129. The fraction of sp³-hybridized carbons (Fsp3) is 0.188. The molecular weight excluding hydrogens is 307 g/mol. The monoisotopic (exact) mass is 322 g/mol. The molecule has 21 heavy (non-hydrogen) atoms. The molecule has 0 aliphatic carbocycles. The Morgan fingerprint density at radius 2 is 1.86 bits per heavy atom. The summed E-state index contributed by atoms with van der Waals surface area (Å²) < 4.78 is 0. The van der Waals surface area contributed by atoms with Crippen molar-refractivity contribution >= 4 is 34.8 Å². The Hall–Kier alpha value is -1.71. The summed E-state index contributed by atoms with van der Waals surface area (Å²) in [6, 6.07) is 13.1. The lowest BCUT2D eigenvalue weighted by atomic mass is 10.1. The maximum absolute atomic E-state index is 12.4. The number of carbonyl (C=O) groups is 1. The molecule has 0 heterocycles. The van der Waals surface area contributed by atoms with Gasteiger partial charge in [0, 0.05) is 19.2 Å². The molecule has 2 N–H and O–H groups in total. The molecule has 2 aromatic rings. The predicted molar refractivity (Wildman–Crippen MR) is 88.0 cm³/mol. The van der Waals surface area contributed by atoms with Crippen LogP contribution < -0.4 is 5.73 Å². The van der Waals surface area contributed by atoms with Gasteiger partial charge in [-0.05, 0) is 24.1 Å². The molecule has 0 spiro atoms. The highest BCUT2D eigenvalue weighted by atomic mass is 35.5. The number of hydrogen-bond acceptors (Lipinski definition) is 2. The summed E-state index contributed by atoms with van der Waals surface area (Å²) in [6.45, 7) is 0.614. The first-order chi connectivity index (χ1) is 9.99. The van der Waals surface area contributed by atoms with E-state index in [1.54, 1.807) is 24.1 Å². The van der Waals surface area contributed by atoms with Crippen LogP contribution in [0.1, 0.15) is 15.9 Å². The van der Waals surface area contributed by atoms with Crippen LogP contribution in [0.25, 0.3) is 0 Å². The first-order valence-electron chi connectivity index (χ1n) is 6.53. The molecule has 3 nitrogen and oxygen atoms in total. The fourth-order valence-electron chi connectivity index (χ4n) is 2.00. The Morgan fingerprint density at radius 3 is 2.48 bits per heavy atom. The summed E-state index contributed by atoms with van der Waals surface area (Å²) in [7, 11) is 1.75. The van der Waals surface area contributed by atoms with Gasteiger partial charge in [0.05, 0.1) is 15.7 Å². The van der Waals surface area contributed by atoms with Crippen molar-refractivity contribution in [3.05, 3.63) is 63.6 Å². The van der Waals surface area contributed by atoms with Gasteiger partial charge in [-0.15, -0.1) is 0 Å². The van der Waals surface area contributed by atoms with Gasteiger partial charge < -0.3 is 10.6 Å². The van der Waals surface area contributed by atoms with Crippen molar-refractivity contribution in [2.75, 3.05) is 19.3 Å². The average Bonchev–Trinajstić information content (AvgIpc) is 2.50. The summed E-state index contributed by atoms with van der Waals surface area (Å²) in [6.07, 6.45) is 0.792. The molecule has 0 saturated carbocycles. The molecule has 5 heteroatoms. The van der Waals surface area contributed by atoms with Crippen LogP contribution in [-0.2, 0) is 6.42 Å². The largest absolute Gasteiger partial charge is 0.397 e. The lowest BCUT2D eigenvalue weighted by molar-refractivity contribution is 0.0796. The van der Waals surface area contributed by atoms with E-state index >= 15 is 0 Å². The van der Waals surface area contributed by atoms with Gasteiger partial charge in [0.2, 0.25) is 0 Å². The molecule has 0 radical (unpaired) electrons. The Bertz CT molecular complexity index is 621. The van der Waals surface area contributed by atoms with E-state index in [4.69, 9.17) is 28.9 Å². The molecule has 110 valence electrons. The second-order valence-electron chi connectivity index (χ2n) is 4.82. The van der Waals surface area contributed by atoms with E-state index < -0.39 is 0 Å². The molecule has 0 atom stereocenters. The zero-order valence-electron chi connectivity index (χ0n) is 11.6. The van der Waals surface area contributed by atoms with E-state index in [2.05, 4.69) is 0 Å². The number of nitrogens with two attached hydrogens (primary N) is 1. The number of anilines is 1. The van der Waals surface area contributed by atoms with E-state index in [1.807, 2.05) is 30.3 Å². The Kier molecular flexibility index (Phi) is 5.10. The second-order valence-corrected chi connectivity index (χ2v) is 5.61. The Morgan fingerprint density at radius 1 is 1.19 bits per heavy atom. The van der Waals surface area contributed by atoms with Crippen LogP contribution in [0, 0.1) is 0 Å². The molecule has 1 amide bonds. The van der Waals surface area contributed by atoms with Crippen LogP contribution >= 0.6 is 23.2 Å². The van der Waals surface area contributed by atoms with Crippen LogP contribution in [0.4, 0.5) is 5.69 Å². The number of halogens is 2. The van der Waals surface area contributed by atoms with Gasteiger partial charge in [-0.2, -0.15) is 0 Å². The third-order valence-electron chi connectivity index (χ3n) is 3.23. The SMILES string of the molecule is CN(CCc1ccccc1)C(=O)c1cc(N)c(Cl)c(Cl)c1. The van der Waals surface area contributed by atoms with Gasteiger partial charge in [0.15, 0.2) is 0 Å². The highest BCUT2D eigenvalue weighted by molar-refractivity contribution is 6.43. The number of likely N-dealkylation sites (N-methyl/N-ethyl adjacent to an activating group) is 1. The number of nitrogen functional groups attached to an aromatic ring is 1. The first kappa shape index (κ1) is 15.7. The van der Waals surface area contributed by atoms with E-state index in [0.29, 0.717) is 17.8 Å². The van der Waals surface area contributed by atoms with E-state index in [9.17, 15) is 4.79 Å². The van der Waals surface area contributed by atoms with Crippen molar-refractivity contribution < 1.29 is 4.79 Å². The van der Waals surface area contributed by atoms with Crippen molar-refractivity contribution in [3.8, 4) is 0 Å². The highest BCUT2D eigenvalue weighted by Gasteiger charge is 2.15. The minimum Gasteiger partial charge on any atom is -0.397 e. The van der Waals surface area contributed by atoms with Gasteiger partial charge in [-0.1, -0.05) is 53.5 Å². The van der Waals surface area contributed by atoms with E-state index in [0.717, 1.165) is 6.42 Å². The number of hydrogen-bond donors (Lipinski definition) is 1. The molecule has 0 bridgehead atoms. The summed E-state index contributed by atoms with van der Waals surface area (Å²) in [5.41, 5.74) is 7.67. The van der Waals surface area contributed by atoms with Gasteiger partial charge in [0.25, 0.3) is 5.91 Å². The molecule has 0 aliphatic rings. The number of amides is 1. The molecule has 0 fully saturated rings. The molecule has 2 rings (SSSR count). The molecule has 0 aliphatic heterocycles. The van der Waals surface area contributed by atoms with Crippen molar-refractivity contribution in [1.29, 1.82) is 0 Å². The topological polar surface area (TPSA) is 46.3 Å². The van der Waals surface area contributed by atoms with Gasteiger partial charge in [-0.3, -0.25) is 4.79 Å². The lowest BCUT2D eigenvalue weighted by Crippen LogP contribution is -2.28. The Balaban J connectivity index is 2.06. The van der Waals surface area contributed by atoms with Crippen LogP contribution in [0.2, 0.25) is 10.0 Å². The summed E-state index contributed by atoms with van der Waals surface area (Å²) >= 11 is 11.9. The first-order valence-corrected chi connectivity index (χ1v) is 7.28. The smallest absolute Gasteiger partial charge is 0.253 e. The zero-order valence-corrected chi connectivity index (χ0v) is 13.2. The summed E-state index contributed by atoms with van der Waals surface area (Å²) in [5.74, 6) is -0.129. The van der Waals surface area contributed by atoms with Crippen molar-refractivity contribution in [2.24, 2.45) is 0 Å². The third kappa shape index (κ3) is 3.90. The highest BCUT2D eigenvalue weighted by Crippen LogP contribution is 2.29. The van der Waals surface area contributed by atoms with Gasteiger partial charge in [-0.25, -0.2) is 0 Å².